The molecule has 0 aromatic heterocycles. The maximum atomic E-state index is 13.2. The molecule has 1 unspecified atom stereocenters. The van der Waals surface area contributed by atoms with E-state index < -0.39 is 9.84 Å². The monoisotopic (exact) mass is 367 g/mol. The van der Waals surface area contributed by atoms with Crippen molar-refractivity contribution in [1.29, 1.82) is 0 Å². The van der Waals surface area contributed by atoms with Crippen LogP contribution in [0.2, 0.25) is 0 Å². The lowest BCUT2D eigenvalue weighted by molar-refractivity contribution is -0.0777. The van der Waals surface area contributed by atoms with Crippen LogP contribution in [0.1, 0.15) is 56.5 Å². The van der Waals surface area contributed by atoms with Crippen LogP contribution >= 0.6 is 0 Å². The van der Waals surface area contributed by atoms with Gasteiger partial charge in [-0.15, -0.1) is 0 Å². The van der Waals surface area contributed by atoms with Crippen molar-refractivity contribution < 1.29 is 17.9 Å². The van der Waals surface area contributed by atoms with Crippen molar-refractivity contribution in [2.45, 2.75) is 63.5 Å². The van der Waals surface area contributed by atoms with Gasteiger partial charge in [0.1, 0.15) is 0 Å². The first-order chi connectivity index (χ1) is 11.6. The zero-order valence-electron chi connectivity index (χ0n) is 15.8. The molecule has 140 valence electrons. The van der Waals surface area contributed by atoms with Crippen molar-refractivity contribution in [2.75, 3.05) is 19.4 Å². The summed E-state index contributed by atoms with van der Waals surface area (Å²) in [7, 11) is -3.35. The Morgan fingerprint density at radius 2 is 2.00 bits per heavy atom. The number of benzene rings is 1. The molecule has 0 bridgehead atoms. The number of aryl methyl sites for hydroxylation is 1. The fourth-order valence-corrected chi connectivity index (χ4v) is 4.13. The van der Waals surface area contributed by atoms with E-state index in [2.05, 4.69) is 0 Å². The zero-order chi connectivity index (χ0) is 18.8. The number of carbonyl (C=O) groups is 1. The number of ether oxygens (including phenoxy) is 1. The summed E-state index contributed by atoms with van der Waals surface area (Å²) < 4.78 is 29.6. The Labute approximate surface area is 151 Å². The van der Waals surface area contributed by atoms with Crippen molar-refractivity contribution in [1.82, 2.24) is 4.90 Å². The van der Waals surface area contributed by atoms with Crippen molar-refractivity contribution in [3.05, 3.63) is 29.3 Å². The molecule has 1 amide bonds. The standard InChI is InChI=1S/C19H29NO4S/c1-6-14-8-9-16(25(5,22)23)12-17(14)18(21)20(7-2)15-10-11-24-19(3,4)13-15/h8-9,12,15H,6-7,10-11,13H2,1-5H3. The van der Waals surface area contributed by atoms with Gasteiger partial charge in [0.05, 0.1) is 10.5 Å². The lowest BCUT2D eigenvalue weighted by Gasteiger charge is -2.41. The largest absolute Gasteiger partial charge is 0.375 e. The minimum absolute atomic E-state index is 0.0902. The Morgan fingerprint density at radius 3 is 2.52 bits per heavy atom. The van der Waals surface area contributed by atoms with Gasteiger partial charge >= 0.3 is 0 Å². The van der Waals surface area contributed by atoms with Crippen LogP contribution in [0.25, 0.3) is 0 Å². The Morgan fingerprint density at radius 1 is 1.32 bits per heavy atom. The second-order valence-electron chi connectivity index (χ2n) is 7.29. The van der Waals surface area contributed by atoms with Crippen LogP contribution < -0.4 is 0 Å². The van der Waals surface area contributed by atoms with Gasteiger partial charge in [-0.2, -0.15) is 0 Å². The average molecular weight is 368 g/mol. The van der Waals surface area contributed by atoms with E-state index in [1.807, 2.05) is 32.6 Å². The third kappa shape index (κ3) is 4.61. The summed E-state index contributed by atoms with van der Waals surface area (Å²) in [6.07, 6.45) is 3.43. The van der Waals surface area contributed by atoms with E-state index in [1.165, 1.54) is 12.3 Å². The number of sulfone groups is 1. The van der Waals surface area contributed by atoms with Gasteiger partial charge in [-0.1, -0.05) is 13.0 Å². The predicted molar refractivity (Wildman–Crippen MR) is 98.7 cm³/mol. The van der Waals surface area contributed by atoms with Gasteiger partial charge in [0.25, 0.3) is 5.91 Å². The third-order valence-electron chi connectivity index (χ3n) is 4.83. The van der Waals surface area contributed by atoms with Gasteiger partial charge in [0.2, 0.25) is 0 Å². The molecule has 1 aromatic rings. The van der Waals surface area contributed by atoms with Gasteiger partial charge in [-0.3, -0.25) is 4.79 Å². The topological polar surface area (TPSA) is 63.7 Å². The molecule has 0 spiro atoms. The summed E-state index contributed by atoms with van der Waals surface area (Å²) in [6, 6.07) is 4.97. The number of carbonyl (C=O) groups excluding carboxylic acids is 1. The van der Waals surface area contributed by atoms with Gasteiger partial charge in [0.15, 0.2) is 9.84 Å². The molecule has 0 radical (unpaired) electrons. The van der Waals surface area contributed by atoms with Crippen molar-refractivity contribution in [3.8, 4) is 0 Å². The van der Waals surface area contributed by atoms with E-state index in [-0.39, 0.29) is 22.4 Å². The minimum atomic E-state index is -3.35. The molecule has 0 aliphatic carbocycles. The van der Waals surface area contributed by atoms with Crippen LogP contribution in [-0.2, 0) is 21.0 Å². The van der Waals surface area contributed by atoms with E-state index in [1.54, 1.807) is 12.1 Å². The normalized spacial score (nSPS) is 20.3. The molecule has 1 atom stereocenters. The number of amides is 1. The quantitative estimate of drug-likeness (QED) is 0.802. The van der Waals surface area contributed by atoms with Crippen molar-refractivity contribution in [3.63, 3.8) is 0 Å². The number of rotatable bonds is 5. The number of hydrogen-bond acceptors (Lipinski definition) is 4. The Kier molecular flexibility index (Phi) is 5.94. The van der Waals surface area contributed by atoms with E-state index in [0.29, 0.717) is 25.1 Å². The highest BCUT2D eigenvalue weighted by atomic mass is 32.2. The molecule has 1 heterocycles. The summed E-state index contributed by atoms with van der Waals surface area (Å²) in [5.74, 6) is -0.0902. The molecule has 25 heavy (non-hydrogen) atoms. The van der Waals surface area contributed by atoms with Gasteiger partial charge in [-0.25, -0.2) is 8.42 Å². The molecule has 1 aliphatic rings. The maximum Gasteiger partial charge on any atom is 0.254 e. The lowest BCUT2D eigenvalue weighted by Crippen LogP contribution is -2.48. The molecule has 1 aliphatic heterocycles. The van der Waals surface area contributed by atoms with E-state index in [9.17, 15) is 13.2 Å². The molecule has 1 saturated heterocycles. The first-order valence-electron chi connectivity index (χ1n) is 8.87. The molecule has 0 saturated carbocycles. The van der Waals surface area contributed by atoms with Crippen LogP contribution in [0.15, 0.2) is 23.1 Å². The minimum Gasteiger partial charge on any atom is -0.375 e. The summed E-state index contributed by atoms with van der Waals surface area (Å²) in [5.41, 5.74) is 1.12. The Hall–Kier alpha value is -1.40. The van der Waals surface area contributed by atoms with Crippen LogP contribution in [0.5, 0.6) is 0 Å². The molecular weight excluding hydrogens is 338 g/mol. The molecule has 6 heteroatoms. The Balaban J connectivity index is 2.40. The molecule has 5 nitrogen and oxygen atoms in total. The highest BCUT2D eigenvalue weighted by molar-refractivity contribution is 7.90. The van der Waals surface area contributed by atoms with Gasteiger partial charge in [-0.05, 0) is 57.7 Å². The second kappa shape index (κ2) is 7.46. The molecule has 2 rings (SSSR count). The van der Waals surface area contributed by atoms with Crippen molar-refractivity contribution >= 4 is 15.7 Å². The van der Waals surface area contributed by atoms with Gasteiger partial charge in [0, 0.05) is 31.0 Å². The maximum absolute atomic E-state index is 13.2. The summed E-state index contributed by atoms with van der Waals surface area (Å²) in [4.78, 5) is 15.3. The van der Waals surface area contributed by atoms with E-state index in [4.69, 9.17) is 4.74 Å². The fourth-order valence-electron chi connectivity index (χ4n) is 3.48. The molecular formula is C19H29NO4S. The first kappa shape index (κ1) is 19.9. The number of nitrogens with zero attached hydrogens (tertiary/aromatic N) is 1. The summed E-state index contributed by atoms with van der Waals surface area (Å²) in [6.45, 7) is 9.24. The van der Waals surface area contributed by atoms with E-state index in [0.717, 1.165) is 18.4 Å². The highest BCUT2D eigenvalue weighted by Gasteiger charge is 2.34. The van der Waals surface area contributed by atoms with Gasteiger partial charge < -0.3 is 9.64 Å². The van der Waals surface area contributed by atoms with Crippen LogP contribution in [0.4, 0.5) is 0 Å². The summed E-state index contributed by atoms with van der Waals surface area (Å²) in [5, 5.41) is 0. The fraction of sp³-hybridized carbons (Fsp3) is 0.632. The smallest absolute Gasteiger partial charge is 0.254 e. The molecule has 0 N–H and O–H groups in total. The van der Waals surface area contributed by atoms with Crippen LogP contribution in [0, 0.1) is 0 Å². The first-order valence-corrected chi connectivity index (χ1v) is 10.8. The highest BCUT2D eigenvalue weighted by Crippen LogP contribution is 2.29. The number of hydrogen-bond donors (Lipinski definition) is 0. The van der Waals surface area contributed by atoms with Crippen LogP contribution in [0.3, 0.4) is 0 Å². The lowest BCUT2D eigenvalue weighted by atomic mass is 9.92. The SMILES string of the molecule is CCc1ccc(S(C)(=O)=O)cc1C(=O)N(CC)C1CCOC(C)(C)C1. The third-order valence-corrected chi connectivity index (χ3v) is 5.94. The van der Waals surface area contributed by atoms with Crippen LogP contribution in [-0.4, -0.2) is 50.3 Å². The Bertz CT molecular complexity index is 740. The average Bonchev–Trinajstić information content (AvgIpc) is 2.53. The summed E-state index contributed by atoms with van der Waals surface area (Å²) >= 11 is 0. The molecule has 1 aromatic carbocycles. The predicted octanol–water partition coefficient (Wildman–Crippen LogP) is 3.07. The van der Waals surface area contributed by atoms with E-state index >= 15 is 0 Å². The second-order valence-corrected chi connectivity index (χ2v) is 9.31. The zero-order valence-corrected chi connectivity index (χ0v) is 16.6. The van der Waals surface area contributed by atoms with Crippen molar-refractivity contribution in [2.24, 2.45) is 0 Å². The molecule has 1 fully saturated rings.